The fourth-order valence-electron chi connectivity index (χ4n) is 4.84. The number of carbonyl (C=O) groups is 1. The van der Waals surface area contributed by atoms with Crippen LogP contribution >= 0.6 is 11.6 Å². The molecule has 174 valence electrons. The van der Waals surface area contributed by atoms with Crippen molar-refractivity contribution in [3.63, 3.8) is 0 Å². The van der Waals surface area contributed by atoms with Gasteiger partial charge < -0.3 is 14.2 Å². The van der Waals surface area contributed by atoms with Crippen molar-refractivity contribution in [1.82, 2.24) is 9.55 Å². The monoisotopic (exact) mass is 473 g/mol. The fraction of sp³-hybridized carbons (Fsp3) is 0.286. The van der Waals surface area contributed by atoms with E-state index < -0.39 is 0 Å². The first-order valence-corrected chi connectivity index (χ1v) is 12.1. The quantitative estimate of drug-likeness (QED) is 0.296. The van der Waals surface area contributed by atoms with Crippen LogP contribution in [-0.2, 0) is 11.3 Å². The molecule has 0 saturated carbocycles. The molecule has 5 rings (SSSR count). The number of nitrogens with zero attached hydrogens (tertiary/aromatic N) is 3. The molecule has 0 bridgehead atoms. The number of imidazole rings is 1. The largest absolute Gasteiger partial charge is 0.493 e. The normalized spacial score (nSPS) is 15.9. The number of ether oxygens (including phenoxy) is 1. The molecule has 0 N–H and O–H groups in total. The molecule has 1 fully saturated rings. The molecule has 1 atom stereocenters. The maximum absolute atomic E-state index is 12.9. The lowest BCUT2D eigenvalue weighted by molar-refractivity contribution is -0.117. The van der Waals surface area contributed by atoms with Crippen molar-refractivity contribution in [1.29, 1.82) is 0 Å². The number of aromatic nitrogens is 2. The first-order valence-electron chi connectivity index (χ1n) is 11.7. The molecule has 6 heteroatoms. The molecule has 1 amide bonds. The van der Waals surface area contributed by atoms with E-state index in [1.165, 1.54) is 0 Å². The van der Waals surface area contributed by atoms with Crippen molar-refractivity contribution in [2.45, 2.75) is 39.2 Å². The number of halogens is 1. The average Bonchev–Trinajstić information content (AvgIpc) is 3.39. The van der Waals surface area contributed by atoms with Gasteiger partial charge in [-0.3, -0.25) is 4.79 Å². The Hall–Kier alpha value is -3.31. The summed E-state index contributed by atoms with van der Waals surface area (Å²) in [4.78, 5) is 19.7. The second kappa shape index (κ2) is 9.51. The molecule has 1 aliphatic heterocycles. The van der Waals surface area contributed by atoms with Gasteiger partial charge in [0, 0.05) is 36.1 Å². The van der Waals surface area contributed by atoms with Crippen molar-refractivity contribution >= 4 is 34.2 Å². The van der Waals surface area contributed by atoms with Gasteiger partial charge in [0.15, 0.2) is 0 Å². The second-order valence-corrected chi connectivity index (χ2v) is 9.36. The molecule has 0 aliphatic carbocycles. The molecular weight excluding hydrogens is 446 g/mol. The lowest BCUT2D eigenvalue weighted by atomic mass is 10.1. The Kier molecular flexibility index (Phi) is 6.29. The van der Waals surface area contributed by atoms with E-state index in [4.69, 9.17) is 21.3 Å². The van der Waals surface area contributed by atoms with E-state index in [1.54, 1.807) is 0 Å². The number of hydrogen-bond acceptors (Lipinski definition) is 3. The Morgan fingerprint density at radius 1 is 1.03 bits per heavy atom. The average molecular weight is 474 g/mol. The number of anilines is 1. The third-order valence-electron chi connectivity index (χ3n) is 6.48. The Morgan fingerprint density at radius 3 is 2.59 bits per heavy atom. The second-order valence-electron chi connectivity index (χ2n) is 8.92. The van der Waals surface area contributed by atoms with E-state index in [1.807, 2.05) is 47.4 Å². The summed E-state index contributed by atoms with van der Waals surface area (Å²) in [5, 5.41) is 0.630. The topological polar surface area (TPSA) is 47.4 Å². The highest BCUT2D eigenvalue weighted by molar-refractivity contribution is 6.30. The minimum Gasteiger partial charge on any atom is -0.493 e. The first-order chi connectivity index (χ1) is 16.5. The summed E-state index contributed by atoms with van der Waals surface area (Å²) in [6, 6.07) is 21.9. The number of aryl methyl sites for hydroxylation is 3. The molecule has 1 saturated heterocycles. The van der Waals surface area contributed by atoms with Gasteiger partial charge in [0.2, 0.25) is 5.91 Å². The van der Waals surface area contributed by atoms with Gasteiger partial charge in [-0.25, -0.2) is 4.98 Å². The summed E-state index contributed by atoms with van der Waals surface area (Å²) in [5.74, 6) is 2.06. The number of rotatable bonds is 7. The van der Waals surface area contributed by atoms with Crippen LogP contribution in [0.25, 0.3) is 11.0 Å². The minimum atomic E-state index is 0.0263. The highest BCUT2D eigenvalue weighted by Crippen LogP contribution is 2.34. The van der Waals surface area contributed by atoms with E-state index in [2.05, 4.69) is 42.7 Å². The lowest BCUT2D eigenvalue weighted by Gasteiger charge is -2.18. The van der Waals surface area contributed by atoms with Gasteiger partial charge in [-0.1, -0.05) is 48.0 Å². The van der Waals surface area contributed by atoms with Gasteiger partial charge >= 0.3 is 0 Å². The van der Waals surface area contributed by atoms with Crippen LogP contribution in [0.4, 0.5) is 5.69 Å². The first kappa shape index (κ1) is 22.5. The molecule has 1 aromatic heterocycles. The number of para-hydroxylation sites is 3. The number of amides is 1. The number of carbonyl (C=O) groups excluding carboxylic acids is 1. The molecule has 0 unspecified atom stereocenters. The number of benzene rings is 3. The zero-order valence-corrected chi connectivity index (χ0v) is 20.3. The highest BCUT2D eigenvalue weighted by atomic mass is 35.5. The minimum absolute atomic E-state index is 0.0263. The Balaban J connectivity index is 1.36. The molecule has 2 heterocycles. The lowest BCUT2D eigenvalue weighted by Crippen LogP contribution is -2.24. The van der Waals surface area contributed by atoms with Crippen LogP contribution in [0, 0.1) is 13.8 Å². The predicted octanol–water partition coefficient (Wildman–Crippen LogP) is 6.30. The Bertz CT molecular complexity index is 1330. The van der Waals surface area contributed by atoms with Gasteiger partial charge in [0.1, 0.15) is 11.6 Å². The van der Waals surface area contributed by atoms with Crippen LogP contribution in [0.3, 0.4) is 0 Å². The van der Waals surface area contributed by atoms with Gasteiger partial charge in [0.05, 0.1) is 17.6 Å². The molecule has 34 heavy (non-hydrogen) atoms. The highest BCUT2D eigenvalue weighted by Gasteiger charge is 2.34. The number of fused-ring (bicyclic) bond motifs is 1. The van der Waals surface area contributed by atoms with Crippen LogP contribution in [0.5, 0.6) is 5.75 Å². The van der Waals surface area contributed by atoms with E-state index in [9.17, 15) is 4.79 Å². The maximum atomic E-state index is 12.9. The van der Waals surface area contributed by atoms with Crippen molar-refractivity contribution in [3.8, 4) is 5.75 Å². The summed E-state index contributed by atoms with van der Waals surface area (Å²) in [6.07, 6.45) is 1.29. The van der Waals surface area contributed by atoms with E-state index in [0.717, 1.165) is 52.4 Å². The molecule has 3 aromatic carbocycles. The van der Waals surface area contributed by atoms with Crippen LogP contribution in [-0.4, -0.2) is 28.6 Å². The van der Waals surface area contributed by atoms with Gasteiger partial charge in [-0.05, 0) is 61.7 Å². The molecule has 4 aromatic rings. The SMILES string of the molecule is Cc1cccc(C)c1OCCCn1c([C@H]2CC(=O)N(c3cccc(Cl)c3)C2)nc2ccccc21. The Morgan fingerprint density at radius 2 is 1.79 bits per heavy atom. The summed E-state index contributed by atoms with van der Waals surface area (Å²) < 4.78 is 8.40. The van der Waals surface area contributed by atoms with Gasteiger partial charge in [-0.15, -0.1) is 0 Å². The summed E-state index contributed by atoms with van der Waals surface area (Å²) in [7, 11) is 0. The number of hydrogen-bond donors (Lipinski definition) is 0. The standard InChI is InChI=1S/C28H28ClN3O2/c1-19-8-5-9-20(2)27(19)34-15-7-14-31-25-13-4-3-12-24(25)30-28(31)21-16-26(33)32(18-21)23-11-6-10-22(29)17-23/h3-6,8-13,17,21H,7,14-16,18H2,1-2H3/t21-/m0/s1. The summed E-state index contributed by atoms with van der Waals surface area (Å²) >= 11 is 6.17. The zero-order chi connectivity index (χ0) is 23.7. The third-order valence-corrected chi connectivity index (χ3v) is 6.71. The summed E-state index contributed by atoms with van der Waals surface area (Å²) in [5.41, 5.74) is 5.20. The summed E-state index contributed by atoms with van der Waals surface area (Å²) in [6.45, 7) is 6.15. The van der Waals surface area contributed by atoms with Gasteiger partial charge in [0.25, 0.3) is 0 Å². The van der Waals surface area contributed by atoms with E-state index in [0.29, 0.717) is 24.6 Å². The van der Waals surface area contributed by atoms with Crippen molar-refractivity contribution in [2.75, 3.05) is 18.1 Å². The van der Waals surface area contributed by atoms with E-state index in [-0.39, 0.29) is 11.8 Å². The maximum Gasteiger partial charge on any atom is 0.227 e. The van der Waals surface area contributed by atoms with Crippen molar-refractivity contribution < 1.29 is 9.53 Å². The molecule has 0 spiro atoms. The molecule has 0 radical (unpaired) electrons. The zero-order valence-electron chi connectivity index (χ0n) is 19.5. The van der Waals surface area contributed by atoms with Crippen LogP contribution < -0.4 is 9.64 Å². The van der Waals surface area contributed by atoms with Gasteiger partial charge in [-0.2, -0.15) is 0 Å². The van der Waals surface area contributed by atoms with Crippen LogP contribution in [0.2, 0.25) is 5.02 Å². The fourth-order valence-corrected chi connectivity index (χ4v) is 5.02. The van der Waals surface area contributed by atoms with E-state index >= 15 is 0 Å². The van der Waals surface area contributed by atoms with Crippen LogP contribution in [0.15, 0.2) is 66.7 Å². The third kappa shape index (κ3) is 4.40. The molecular formula is C28H28ClN3O2. The van der Waals surface area contributed by atoms with Crippen LogP contribution in [0.1, 0.15) is 35.7 Å². The predicted molar refractivity (Wildman–Crippen MR) is 137 cm³/mol. The molecule has 5 nitrogen and oxygen atoms in total. The van der Waals surface area contributed by atoms with Crippen molar-refractivity contribution in [2.24, 2.45) is 0 Å². The smallest absolute Gasteiger partial charge is 0.227 e. The van der Waals surface area contributed by atoms with Crippen molar-refractivity contribution in [3.05, 3.63) is 88.7 Å². The Labute approximate surface area is 204 Å². The molecule has 1 aliphatic rings.